The lowest BCUT2D eigenvalue weighted by molar-refractivity contribution is -0.144. The average Bonchev–Trinajstić information content (AvgIpc) is 4.06. The van der Waals surface area contributed by atoms with Gasteiger partial charge in [0.2, 0.25) is 35.4 Å². The third-order valence-electron chi connectivity index (χ3n) is 13.9. The van der Waals surface area contributed by atoms with Crippen molar-refractivity contribution in [2.45, 2.75) is 101 Å². The predicted molar refractivity (Wildman–Crippen MR) is 320 cm³/mol. The minimum atomic E-state index is -1.13. The molecule has 0 saturated carbocycles. The van der Waals surface area contributed by atoms with Gasteiger partial charge in [-0.3, -0.25) is 64.4 Å². The van der Waals surface area contributed by atoms with E-state index in [9.17, 15) is 62.6 Å². The number of ether oxygens (including phenoxy) is 3. The summed E-state index contributed by atoms with van der Waals surface area (Å²) in [6.45, 7) is 2.61. The van der Waals surface area contributed by atoms with E-state index in [-0.39, 0.29) is 123 Å². The molecule has 8 rings (SSSR count). The molecular formula is C58H62N8O16S4. The quantitative estimate of drug-likeness (QED) is 0.0142. The molecule has 10 amide bonds. The number of hydrogen-bond donors (Lipinski definition) is 5. The second-order valence-electron chi connectivity index (χ2n) is 20.3. The molecule has 5 N–H and O–H groups in total. The summed E-state index contributed by atoms with van der Waals surface area (Å²) in [4.78, 5) is 161. The lowest BCUT2D eigenvalue weighted by Crippen LogP contribution is -2.52. The molecule has 4 aromatic rings. The van der Waals surface area contributed by atoms with Crippen LogP contribution in [0.25, 0.3) is 0 Å². The first kappa shape index (κ1) is 63.9. The number of nitrogens with zero attached hydrogens (tertiary/aromatic N) is 4. The first-order chi connectivity index (χ1) is 41.3. The standard InChI is InChI=1S/C58H62N8O16S4/c1-34(32-80-57(78)59-41-15-9-14-38-39(41)28-65(55(38)76)43-17-20-46(67)61-53(43)74)86-84-25-23-49(70)64(27-37-12-7-4-8-13-37)31-51(73)82-45-19-16-42(40-29-66(56(77)52(40)45)44-18-21-47(68)62-54(44)75)60-58(79)81-33-35(2)85-83-24-22-48(69)63(30-50(71)72)26-36-10-5-3-6-11-36/h3-16,19,34-35,43-44H,17-18,20-33H2,1-2H3,(H,59,78)(H,60,79)(H,71,72)(H,61,67,74)(H,62,68,75)/t34-,35+,43?,44?/m1/s1. The molecule has 0 radical (unpaired) electrons. The third-order valence-corrected chi connectivity index (χ3v) is 19.6. The number of hydrogen-bond acceptors (Lipinski definition) is 19. The summed E-state index contributed by atoms with van der Waals surface area (Å²) in [6.07, 6.45) is -1.29. The summed E-state index contributed by atoms with van der Waals surface area (Å²) >= 11 is 0. The molecule has 0 aromatic heterocycles. The molecule has 4 aromatic carbocycles. The van der Waals surface area contributed by atoms with E-state index >= 15 is 0 Å². The van der Waals surface area contributed by atoms with Crippen molar-refractivity contribution in [2.75, 3.05) is 48.4 Å². The molecule has 28 heteroatoms. The lowest BCUT2D eigenvalue weighted by Gasteiger charge is -2.29. The zero-order valence-electron chi connectivity index (χ0n) is 46.8. The van der Waals surface area contributed by atoms with Crippen LogP contribution in [-0.4, -0.2) is 156 Å². The molecule has 2 fully saturated rings. The average molecular weight is 1260 g/mol. The van der Waals surface area contributed by atoms with Gasteiger partial charge in [0, 0.05) is 96.2 Å². The van der Waals surface area contributed by atoms with Crippen LogP contribution in [0.2, 0.25) is 0 Å². The van der Waals surface area contributed by atoms with Crippen LogP contribution in [0.5, 0.6) is 5.75 Å². The van der Waals surface area contributed by atoms with Gasteiger partial charge in [0.25, 0.3) is 11.8 Å². The normalized spacial score (nSPS) is 16.9. The third kappa shape index (κ3) is 17.3. The number of fused-ring (bicyclic) bond motifs is 2. The monoisotopic (exact) mass is 1250 g/mol. The smallest absolute Gasteiger partial charge is 0.411 e. The van der Waals surface area contributed by atoms with Crippen molar-refractivity contribution >= 4 is 126 Å². The SMILES string of the molecule is C[C@H](COC(=O)Nc1cccc2c1CN(C1CCC(=O)NC1=O)C2=O)SSCCC(=O)N(CC(=O)Oc1ccc(NC(=O)OC[C@H](C)SSCCC(=O)N(CC(=O)O)Cc2ccccc2)c2c1C(=O)N(C1CCC(=O)NC1=O)C2)Cc1ccccc1. The lowest BCUT2D eigenvalue weighted by atomic mass is 10.0. The van der Waals surface area contributed by atoms with Gasteiger partial charge in [0.05, 0.1) is 11.3 Å². The van der Waals surface area contributed by atoms with Crippen LogP contribution in [0.15, 0.2) is 91.0 Å². The molecular weight excluding hydrogens is 1190 g/mol. The maximum absolute atomic E-state index is 14.3. The molecule has 4 atom stereocenters. The molecule has 0 spiro atoms. The Hall–Kier alpha value is -8.08. The van der Waals surface area contributed by atoms with E-state index < -0.39 is 84.7 Å². The summed E-state index contributed by atoms with van der Waals surface area (Å²) in [5.74, 6) is -5.51. The van der Waals surface area contributed by atoms with Crippen molar-refractivity contribution in [2.24, 2.45) is 0 Å². The van der Waals surface area contributed by atoms with E-state index in [1.807, 2.05) is 32.0 Å². The summed E-state index contributed by atoms with van der Waals surface area (Å²) in [7, 11) is 5.44. The van der Waals surface area contributed by atoms with Crippen LogP contribution in [0.3, 0.4) is 0 Å². The van der Waals surface area contributed by atoms with E-state index in [1.54, 1.807) is 60.7 Å². The van der Waals surface area contributed by atoms with Gasteiger partial charge in [0.1, 0.15) is 44.1 Å². The van der Waals surface area contributed by atoms with Crippen molar-refractivity contribution in [3.63, 3.8) is 0 Å². The van der Waals surface area contributed by atoms with Gasteiger partial charge in [-0.05, 0) is 62.1 Å². The van der Waals surface area contributed by atoms with Gasteiger partial charge in [-0.15, -0.1) is 0 Å². The zero-order chi connectivity index (χ0) is 61.4. The fraction of sp³-hybridized carbons (Fsp3) is 0.379. The largest absolute Gasteiger partial charge is 0.480 e. The highest BCUT2D eigenvalue weighted by Gasteiger charge is 2.43. The maximum atomic E-state index is 14.3. The highest BCUT2D eigenvalue weighted by atomic mass is 33.1. The van der Waals surface area contributed by atoms with Gasteiger partial charge in [-0.1, -0.05) is 110 Å². The number of piperidine rings is 2. The van der Waals surface area contributed by atoms with Crippen LogP contribution < -0.4 is 26.0 Å². The first-order valence-electron chi connectivity index (χ1n) is 27.4. The molecule has 86 heavy (non-hydrogen) atoms. The Morgan fingerprint density at radius 1 is 0.616 bits per heavy atom. The number of imide groups is 2. The number of benzene rings is 4. The number of amides is 10. The van der Waals surface area contributed by atoms with Gasteiger partial charge in [-0.2, -0.15) is 0 Å². The minimum absolute atomic E-state index is 0.00723. The number of carbonyl (C=O) groups is 12. The molecule has 0 bridgehead atoms. The van der Waals surface area contributed by atoms with Crippen molar-refractivity contribution in [1.29, 1.82) is 0 Å². The number of esters is 1. The second-order valence-corrected chi connectivity index (χ2v) is 26.2. The van der Waals surface area contributed by atoms with Crippen molar-refractivity contribution in [3.8, 4) is 5.75 Å². The fourth-order valence-electron chi connectivity index (χ4n) is 9.73. The zero-order valence-corrected chi connectivity index (χ0v) is 50.0. The number of rotatable bonds is 27. The molecule has 24 nitrogen and oxygen atoms in total. The Bertz CT molecular complexity index is 3270. The highest BCUT2D eigenvalue weighted by molar-refractivity contribution is 8.77. The number of carboxylic acid groups (broad SMARTS) is 1. The number of carboxylic acids is 1. The van der Waals surface area contributed by atoms with Crippen molar-refractivity contribution in [3.05, 3.63) is 124 Å². The van der Waals surface area contributed by atoms with Gasteiger partial charge < -0.3 is 38.9 Å². The Kier molecular flexibility index (Phi) is 22.5. The Morgan fingerprint density at radius 3 is 1.62 bits per heavy atom. The van der Waals surface area contributed by atoms with Crippen LogP contribution >= 0.6 is 43.2 Å². The first-order valence-corrected chi connectivity index (χ1v) is 32.1. The number of carbonyl (C=O) groups excluding carboxylic acids is 11. The molecule has 2 unspecified atom stereocenters. The molecule has 4 aliphatic heterocycles. The summed E-state index contributed by atoms with van der Waals surface area (Å²) in [5.41, 5.74) is 2.91. The second kappa shape index (κ2) is 30.3. The van der Waals surface area contributed by atoms with E-state index in [1.165, 1.54) is 74.9 Å². The van der Waals surface area contributed by atoms with Crippen LogP contribution in [-0.2, 0) is 74.0 Å². The molecule has 454 valence electrons. The molecule has 4 heterocycles. The fourth-order valence-corrected chi connectivity index (χ4v) is 14.0. The summed E-state index contributed by atoms with van der Waals surface area (Å²) in [6, 6.07) is 23.7. The Balaban J connectivity index is 0.832. The van der Waals surface area contributed by atoms with E-state index in [4.69, 9.17) is 14.2 Å². The summed E-state index contributed by atoms with van der Waals surface area (Å²) in [5, 5.41) is 18.8. The van der Waals surface area contributed by atoms with E-state index in [0.29, 0.717) is 28.3 Å². The van der Waals surface area contributed by atoms with Crippen LogP contribution in [0.1, 0.15) is 95.3 Å². The van der Waals surface area contributed by atoms with Gasteiger partial charge >= 0.3 is 24.1 Å². The maximum Gasteiger partial charge on any atom is 0.411 e. The van der Waals surface area contributed by atoms with Crippen molar-refractivity contribution < 1.29 is 76.9 Å². The number of aliphatic carboxylic acids is 1. The Labute approximate surface area is 510 Å². The summed E-state index contributed by atoms with van der Waals surface area (Å²) < 4.78 is 16.9. The van der Waals surface area contributed by atoms with Crippen molar-refractivity contribution in [1.82, 2.24) is 30.2 Å². The topological polar surface area (TPSA) is 314 Å². The number of anilines is 2. The van der Waals surface area contributed by atoms with Crippen LogP contribution in [0, 0.1) is 0 Å². The minimum Gasteiger partial charge on any atom is -0.480 e. The van der Waals surface area contributed by atoms with E-state index in [2.05, 4.69) is 21.3 Å². The highest BCUT2D eigenvalue weighted by Crippen LogP contribution is 2.39. The van der Waals surface area contributed by atoms with Crippen LogP contribution in [0.4, 0.5) is 21.0 Å². The Morgan fingerprint density at radius 2 is 1.10 bits per heavy atom. The predicted octanol–water partition coefficient (Wildman–Crippen LogP) is 6.37. The van der Waals surface area contributed by atoms with Gasteiger partial charge in [0.15, 0.2) is 0 Å². The van der Waals surface area contributed by atoms with Gasteiger partial charge in [-0.25, -0.2) is 14.4 Å². The molecule has 4 aliphatic rings. The molecule has 0 aliphatic carbocycles. The number of nitrogens with one attached hydrogen (secondary N) is 4. The molecule has 2 saturated heterocycles. The van der Waals surface area contributed by atoms with E-state index in [0.717, 1.165) is 11.1 Å².